The quantitative estimate of drug-likeness (QED) is 0.533. The van der Waals surface area contributed by atoms with Crippen LogP contribution in [0.15, 0.2) is 0 Å². The van der Waals surface area contributed by atoms with Gasteiger partial charge in [-0.25, -0.2) is 9.59 Å². The van der Waals surface area contributed by atoms with Crippen LogP contribution in [0.4, 0.5) is 4.79 Å². The lowest BCUT2D eigenvalue weighted by Gasteiger charge is -2.22. The number of hydrogen-bond donors (Lipinski definition) is 1. The van der Waals surface area contributed by atoms with Crippen molar-refractivity contribution < 1.29 is 28.6 Å². The summed E-state index contributed by atoms with van der Waals surface area (Å²) in [6.07, 6.45) is -0.706. The number of hydrogen-bond acceptors (Lipinski definition) is 7. The largest absolute Gasteiger partial charge is 0.465 e. The van der Waals surface area contributed by atoms with Crippen molar-refractivity contribution in [3.05, 3.63) is 0 Å². The molecule has 1 atom stereocenters. The van der Waals surface area contributed by atoms with Crippen molar-refractivity contribution in [2.45, 2.75) is 46.3 Å². The van der Waals surface area contributed by atoms with Crippen LogP contribution in [-0.2, 0) is 23.8 Å². The molecule has 1 amide bonds. The Balaban J connectivity index is 4.47. The average Bonchev–Trinajstić information content (AvgIpc) is 2.36. The fourth-order valence-electron chi connectivity index (χ4n) is 1.32. The summed E-state index contributed by atoms with van der Waals surface area (Å²) in [5.74, 6) is -0.645. The molecule has 0 aliphatic rings. The predicted octanol–water partition coefficient (Wildman–Crippen LogP) is 1.74. The van der Waals surface area contributed by atoms with E-state index < -0.39 is 23.7 Å². The van der Waals surface area contributed by atoms with E-state index in [4.69, 9.17) is 14.2 Å². The molecule has 0 rings (SSSR count). The maximum absolute atomic E-state index is 11.8. The lowest BCUT2D eigenvalue weighted by atomic mass is 10.2. The molecule has 0 saturated heterocycles. The molecular weight excluding hydrogens is 310 g/mol. The molecule has 0 aromatic carbocycles. The minimum Gasteiger partial charge on any atom is -0.465 e. The van der Waals surface area contributed by atoms with Gasteiger partial charge in [0.15, 0.2) is 0 Å². The topological polar surface area (TPSA) is 90.9 Å². The van der Waals surface area contributed by atoms with Gasteiger partial charge in [0.1, 0.15) is 11.6 Å². The highest BCUT2D eigenvalue weighted by atomic mass is 32.2. The molecule has 0 aromatic heterocycles. The Morgan fingerprint density at radius 1 is 1.09 bits per heavy atom. The SMILES string of the molecule is CCOC(=O)CSC[C@H](NC(=O)OC(C)(C)C)C(=O)OCC. The Morgan fingerprint density at radius 3 is 2.18 bits per heavy atom. The standard InChI is InChI=1S/C14H25NO6S/c1-6-19-11(16)9-22-8-10(12(17)20-7-2)15-13(18)21-14(3,4)5/h10H,6-9H2,1-5H3,(H,15,18)/t10-/m0/s1. The minimum atomic E-state index is -0.880. The Kier molecular flexibility index (Phi) is 9.64. The van der Waals surface area contributed by atoms with Gasteiger partial charge in [0.05, 0.1) is 19.0 Å². The Morgan fingerprint density at radius 2 is 1.68 bits per heavy atom. The zero-order chi connectivity index (χ0) is 17.2. The lowest BCUT2D eigenvalue weighted by Crippen LogP contribution is -2.45. The molecule has 0 heterocycles. The highest BCUT2D eigenvalue weighted by Crippen LogP contribution is 2.09. The average molecular weight is 335 g/mol. The van der Waals surface area contributed by atoms with Crippen molar-refractivity contribution in [3.8, 4) is 0 Å². The van der Waals surface area contributed by atoms with Gasteiger partial charge in [-0.05, 0) is 34.6 Å². The molecule has 0 aliphatic heterocycles. The van der Waals surface area contributed by atoms with Crippen LogP contribution in [0.1, 0.15) is 34.6 Å². The molecule has 0 aliphatic carbocycles. The van der Waals surface area contributed by atoms with Crippen LogP contribution in [0.2, 0.25) is 0 Å². The van der Waals surface area contributed by atoms with E-state index in [2.05, 4.69) is 5.32 Å². The molecule has 128 valence electrons. The Labute approximate surface area is 135 Å². The summed E-state index contributed by atoms with van der Waals surface area (Å²) in [5.41, 5.74) is -0.665. The van der Waals surface area contributed by atoms with E-state index in [1.165, 1.54) is 11.8 Å². The molecule has 1 N–H and O–H groups in total. The summed E-state index contributed by atoms with van der Waals surface area (Å²) >= 11 is 1.18. The molecule has 0 fully saturated rings. The zero-order valence-electron chi connectivity index (χ0n) is 13.8. The smallest absolute Gasteiger partial charge is 0.408 e. The third-order valence-electron chi connectivity index (χ3n) is 2.07. The highest BCUT2D eigenvalue weighted by Gasteiger charge is 2.25. The maximum atomic E-state index is 11.8. The first-order valence-corrected chi connectivity index (χ1v) is 8.24. The molecular formula is C14H25NO6S. The second kappa shape index (κ2) is 10.3. The Hall–Kier alpha value is -1.44. The van der Waals surface area contributed by atoms with Crippen LogP contribution in [0.3, 0.4) is 0 Å². The molecule has 0 spiro atoms. The summed E-state index contributed by atoms with van der Waals surface area (Å²) in [6.45, 7) is 9.07. The second-order valence-electron chi connectivity index (χ2n) is 5.27. The normalized spacial score (nSPS) is 12.2. The summed E-state index contributed by atoms with van der Waals surface area (Å²) < 4.78 is 14.8. The summed E-state index contributed by atoms with van der Waals surface area (Å²) in [4.78, 5) is 34.8. The van der Waals surface area contributed by atoms with Crippen molar-refractivity contribution in [1.82, 2.24) is 5.32 Å². The van der Waals surface area contributed by atoms with E-state index in [1.807, 2.05) is 0 Å². The van der Waals surface area contributed by atoms with Crippen molar-refractivity contribution >= 4 is 29.8 Å². The number of thioether (sulfide) groups is 1. The molecule has 0 aromatic rings. The van der Waals surface area contributed by atoms with Gasteiger partial charge in [-0.15, -0.1) is 11.8 Å². The lowest BCUT2D eigenvalue weighted by molar-refractivity contribution is -0.145. The van der Waals surface area contributed by atoms with E-state index in [-0.39, 0.29) is 24.1 Å². The predicted molar refractivity (Wildman–Crippen MR) is 83.7 cm³/mol. The monoisotopic (exact) mass is 335 g/mol. The molecule has 22 heavy (non-hydrogen) atoms. The number of ether oxygens (including phenoxy) is 3. The number of nitrogens with one attached hydrogen (secondary N) is 1. The van der Waals surface area contributed by atoms with Crippen LogP contribution in [0.5, 0.6) is 0 Å². The van der Waals surface area contributed by atoms with Gasteiger partial charge in [0.2, 0.25) is 0 Å². The van der Waals surface area contributed by atoms with Gasteiger partial charge in [0.25, 0.3) is 0 Å². The van der Waals surface area contributed by atoms with Crippen LogP contribution in [0.25, 0.3) is 0 Å². The summed E-state index contributed by atoms with van der Waals surface area (Å²) in [7, 11) is 0. The van der Waals surface area contributed by atoms with E-state index in [0.717, 1.165) is 0 Å². The summed E-state index contributed by atoms with van der Waals surface area (Å²) in [6, 6.07) is -0.880. The first-order valence-electron chi connectivity index (χ1n) is 7.09. The number of rotatable bonds is 8. The second-order valence-corrected chi connectivity index (χ2v) is 6.30. The van der Waals surface area contributed by atoms with Crippen LogP contribution in [0, 0.1) is 0 Å². The van der Waals surface area contributed by atoms with Crippen molar-refractivity contribution in [2.24, 2.45) is 0 Å². The fourth-order valence-corrected chi connectivity index (χ4v) is 2.15. The summed E-state index contributed by atoms with van der Waals surface area (Å²) in [5, 5.41) is 2.46. The van der Waals surface area contributed by atoms with Crippen molar-refractivity contribution in [1.29, 1.82) is 0 Å². The van der Waals surface area contributed by atoms with E-state index >= 15 is 0 Å². The van der Waals surface area contributed by atoms with Crippen molar-refractivity contribution in [2.75, 3.05) is 24.7 Å². The van der Waals surface area contributed by atoms with Gasteiger partial charge in [-0.3, -0.25) is 4.79 Å². The van der Waals surface area contributed by atoms with Crippen LogP contribution in [-0.4, -0.2) is 54.4 Å². The third-order valence-corrected chi connectivity index (χ3v) is 3.08. The molecule has 0 radical (unpaired) electrons. The highest BCUT2D eigenvalue weighted by molar-refractivity contribution is 8.00. The molecule has 0 unspecified atom stereocenters. The van der Waals surface area contributed by atoms with E-state index in [0.29, 0.717) is 6.61 Å². The molecule has 0 saturated carbocycles. The van der Waals surface area contributed by atoms with Gasteiger partial charge in [0, 0.05) is 5.75 Å². The van der Waals surface area contributed by atoms with Gasteiger partial charge < -0.3 is 19.5 Å². The van der Waals surface area contributed by atoms with Crippen LogP contribution < -0.4 is 5.32 Å². The molecule has 7 nitrogen and oxygen atoms in total. The maximum Gasteiger partial charge on any atom is 0.408 e. The van der Waals surface area contributed by atoms with Crippen molar-refractivity contribution in [3.63, 3.8) is 0 Å². The first kappa shape index (κ1) is 20.6. The number of esters is 2. The minimum absolute atomic E-state index is 0.0970. The van der Waals surface area contributed by atoms with Gasteiger partial charge >= 0.3 is 18.0 Å². The number of carbonyl (C=O) groups excluding carboxylic acids is 3. The van der Waals surface area contributed by atoms with Gasteiger partial charge in [-0.1, -0.05) is 0 Å². The molecule has 8 heteroatoms. The van der Waals surface area contributed by atoms with Crippen LogP contribution >= 0.6 is 11.8 Å². The van der Waals surface area contributed by atoms with E-state index in [1.54, 1.807) is 34.6 Å². The third kappa shape index (κ3) is 10.3. The zero-order valence-corrected chi connectivity index (χ0v) is 14.6. The number of amides is 1. The number of carbonyl (C=O) groups is 3. The Bertz CT molecular complexity index is 380. The van der Waals surface area contributed by atoms with Gasteiger partial charge in [-0.2, -0.15) is 0 Å². The number of alkyl carbamates (subject to hydrolysis) is 1. The fraction of sp³-hybridized carbons (Fsp3) is 0.786. The first-order chi connectivity index (χ1) is 10.2. The van der Waals surface area contributed by atoms with E-state index in [9.17, 15) is 14.4 Å². The molecule has 0 bridgehead atoms.